The molecule has 0 unspecified atom stereocenters. The van der Waals surface area contributed by atoms with Crippen molar-refractivity contribution in [3.63, 3.8) is 0 Å². The number of thiophene rings is 1. The largest absolute Gasteiger partial charge is 0.352 e. The Hall–Kier alpha value is -2.67. The summed E-state index contributed by atoms with van der Waals surface area (Å²) < 4.78 is 3.00. The van der Waals surface area contributed by atoms with E-state index in [4.69, 9.17) is 0 Å². The Morgan fingerprint density at radius 1 is 1.19 bits per heavy atom. The molecule has 0 bridgehead atoms. The van der Waals surface area contributed by atoms with Crippen LogP contribution in [0.1, 0.15) is 31.4 Å². The monoisotopic (exact) mass is 385 g/mol. The van der Waals surface area contributed by atoms with Crippen LogP contribution < -0.4 is 16.6 Å². The highest BCUT2D eigenvalue weighted by atomic mass is 32.1. The standard InChI is InChI=1S/C20H23N3O3S/c1-5-14(4)21-17(24)11-22-16-6-7-27-18(16)19(25)23(20(22)26)15-9-12(2)8-13(3)10-15/h6-10,14H,5,11H2,1-4H3,(H,21,24)/t14-/m1/s1. The molecule has 1 atom stereocenters. The molecule has 2 heterocycles. The minimum Gasteiger partial charge on any atom is -0.352 e. The number of aromatic nitrogens is 2. The minimum absolute atomic E-state index is 0.0245. The van der Waals surface area contributed by atoms with Gasteiger partial charge in [0.05, 0.1) is 11.2 Å². The molecule has 0 aliphatic rings. The second kappa shape index (κ2) is 7.52. The van der Waals surface area contributed by atoms with E-state index in [0.29, 0.717) is 15.9 Å². The van der Waals surface area contributed by atoms with Crippen molar-refractivity contribution in [2.75, 3.05) is 0 Å². The summed E-state index contributed by atoms with van der Waals surface area (Å²) in [5.74, 6) is -0.246. The SMILES string of the molecule is CC[C@@H](C)NC(=O)Cn1c(=O)n(-c2cc(C)cc(C)c2)c(=O)c2sccc21. The van der Waals surface area contributed by atoms with Gasteiger partial charge in [0.1, 0.15) is 11.2 Å². The molecule has 1 N–H and O–H groups in total. The summed E-state index contributed by atoms with van der Waals surface area (Å²) in [6, 6.07) is 7.33. The number of aryl methyl sites for hydroxylation is 2. The van der Waals surface area contributed by atoms with E-state index in [2.05, 4.69) is 5.32 Å². The quantitative estimate of drug-likeness (QED) is 0.734. The molecule has 27 heavy (non-hydrogen) atoms. The van der Waals surface area contributed by atoms with Crippen molar-refractivity contribution in [2.45, 2.75) is 46.7 Å². The van der Waals surface area contributed by atoms with E-state index in [9.17, 15) is 14.4 Å². The molecular formula is C20H23N3O3S. The zero-order valence-corrected chi connectivity index (χ0v) is 16.7. The van der Waals surface area contributed by atoms with Gasteiger partial charge in [-0.25, -0.2) is 9.36 Å². The molecule has 7 heteroatoms. The fourth-order valence-corrected chi connectivity index (χ4v) is 3.94. The van der Waals surface area contributed by atoms with E-state index in [0.717, 1.165) is 22.1 Å². The van der Waals surface area contributed by atoms with Crippen molar-refractivity contribution in [3.05, 3.63) is 61.6 Å². The number of hydrogen-bond acceptors (Lipinski definition) is 4. The number of rotatable bonds is 5. The third kappa shape index (κ3) is 3.73. The van der Waals surface area contributed by atoms with E-state index in [1.54, 1.807) is 23.6 Å². The maximum Gasteiger partial charge on any atom is 0.336 e. The van der Waals surface area contributed by atoms with E-state index in [1.807, 2.05) is 33.8 Å². The Morgan fingerprint density at radius 2 is 1.85 bits per heavy atom. The molecule has 2 aromatic heterocycles. The number of nitrogens with zero attached hydrogens (tertiary/aromatic N) is 2. The van der Waals surface area contributed by atoms with Crippen LogP contribution in [0, 0.1) is 13.8 Å². The van der Waals surface area contributed by atoms with Crippen LogP contribution in [0.4, 0.5) is 0 Å². The fraction of sp³-hybridized carbons (Fsp3) is 0.350. The van der Waals surface area contributed by atoms with Crippen molar-refractivity contribution in [3.8, 4) is 5.69 Å². The number of carbonyl (C=O) groups excluding carboxylic acids is 1. The maximum atomic E-state index is 13.2. The van der Waals surface area contributed by atoms with Crippen molar-refractivity contribution in [2.24, 2.45) is 0 Å². The molecule has 6 nitrogen and oxygen atoms in total. The van der Waals surface area contributed by atoms with Crippen molar-refractivity contribution >= 4 is 27.5 Å². The lowest BCUT2D eigenvalue weighted by molar-refractivity contribution is -0.122. The molecule has 1 aromatic carbocycles. The second-order valence-electron chi connectivity index (χ2n) is 6.87. The zero-order valence-electron chi connectivity index (χ0n) is 15.9. The summed E-state index contributed by atoms with van der Waals surface area (Å²) >= 11 is 1.27. The molecule has 3 rings (SSSR count). The van der Waals surface area contributed by atoms with Crippen LogP contribution in [0.5, 0.6) is 0 Å². The first kappa shape index (κ1) is 19.1. The number of benzene rings is 1. The first-order chi connectivity index (χ1) is 12.8. The highest BCUT2D eigenvalue weighted by Crippen LogP contribution is 2.17. The average molecular weight is 385 g/mol. The Labute approximate surface area is 161 Å². The van der Waals surface area contributed by atoms with Crippen molar-refractivity contribution in [1.29, 1.82) is 0 Å². The van der Waals surface area contributed by atoms with Crippen LogP contribution in [0.25, 0.3) is 15.9 Å². The Balaban J connectivity index is 2.20. The number of carbonyl (C=O) groups is 1. The Bertz CT molecular complexity index is 1100. The molecule has 0 saturated carbocycles. The van der Waals surface area contributed by atoms with Gasteiger partial charge >= 0.3 is 5.69 Å². The van der Waals surface area contributed by atoms with Crippen LogP contribution in [0.3, 0.4) is 0 Å². The van der Waals surface area contributed by atoms with Gasteiger partial charge in [0, 0.05) is 6.04 Å². The Kier molecular flexibility index (Phi) is 5.32. The summed E-state index contributed by atoms with van der Waals surface area (Å²) in [4.78, 5) is 38.5. The zero-order chi connectivity index (χ0) is 19.7. The molecule has 0 spiro atoms. The second-order valence-corrected chi connectivity index (χ2v) is 7.78. The molecule has 142 valence electrons. The normalized spacial score (nSPS) is 12.3. The number of hydrogen-bond donors (Lipinski definition) is 1. The van der Waals surface area contributed by atoms with Crippen LogP contribution >= 0.6 is 11.3 Å². The smallest absolute Gasteiger partial charge is 0.336 e. The lowest BCUT2D eigenvalue weighted by Gasteiger charge is -2.15. The van der Waals surface area contributed by atoms with Crippen LogP contribution in [-0.2, 0) is 11.3 Å². The summed E-state index contributed by atoms with van der Waals surface area (Å²) in [5.41, 5.74) is 2.08. The summed E-state index contributed by atoms with van der Waals surface area (Å²) in [6.07, 6.45) is 0.802. The summed E-state index contributed by atoms with van der Waals surface area (Å²) in [6.45, 7) is 7.61. The van der Waals surface area contributed by atoms with Crippen molar-refractivity contribution in [1.82, 2.24) is 14.5 Å². The van der Waals surface area contributed by atoms with Gasteiger partial charge in [-0.3, -0.25) is 14.2 Å². The number of nitrogens with one attached hydrogen (secondary N) is 1. The molecule has 0 fully saturated rings. The van der Waals surface area contributed by atoms with Gasteiger partial charge in [0.15, 0.2) is 0 Å². The molecular weight excluding hydrogens is 362 g/mol. The van der Waals surface area contributed by atoms with Crippen molar-refractivity contribution < 1.29 is 4.79 Å². The van der Waals surface area contributed by atoms with Gasteiger partial charge in [-0.1, -0.05) is 13.0 Å². The fourth-order valence-electron chi connectivity index (χ4n) is 3.11. The van der Waals surface area contributed by atoms with E-state index in [1.165, 1.54) is 15.9 Å². The van der Waals surface area contributed by atoms with Gasteiger partial charge in [0.25, 0.3) is 5.56 Å². The molecule has 0 radical (unpaired) electrons. The van der Waals surface area contributed by atoms with Gasteiger partial charge in [0.2, 0.25) is 5.91 Å². The number of fused-ring (bicyclic) bond motifs is 1. The Morgan fingerprint density at radius 3 is 2.48 bits per heavy atom. The first-order valence-corrected chi connectivity index (χ1v) is 9.81. The molecule has 3 aromatic rings. The number of amides is 1. The lowest BCUT2D eigenvalue weighted by Crippen LogP contribution is -2.42. The van der Waals surface area contributed by atoms with E-state index < -0.39 is 5.69 Å². The van der Waals surface area contributed by atoms with Gasteiger partial charge in [-0.05, 0) is 61.9 Å². The van der Waals surface area contributed by atoms with Gasteiger partial charge < -0.3 is 5.32 Å². The first-order valence-electron chi connectivity index (χ1n) is 8.93. The summed E-state index contributed by atoms with van der Waals surface area (Å²) in [5, 5.41) is 4.64. The lowest BCUT2D eigenvalue weighted by atomic mass is 10.1. The van der Waals surface area contributed by atoms with Crippen LogP contribution in [0.2, 0.25) is 0 Å². The van der Waals surface area contributed by atoms with Gasteiger partial charge in [-0.15, -0.1) is 11.3 Å². The average Bonchev–Trinajstić information content (AvgIpc) is 3.07. The topological polar surface area (TPSA) is 73.1 Å². The maximum absolute atomic E-state index is 13.2. The van der Waals surface area contributed by atoms with Crippen LogP contribution in [-0.4, -0.2) is 21.1 Å². The van der Waals surface area contributed by atoms with E-state index >= 15 is 0 Å². The predicted octanol–water partition coefficient (Wildman–Crippen LogP) is 2.75. The molecule has 0 saturated heterocycles. The van der Waals surface area contributed by atoms with E-state index in [-0.39, 0.29) is 24.1 Å². The summed E-state index contributed by atoms with van der Waals surface area (Å²) in [7, 11) is 0. The van der Waals surface area contributed by atoms with Gasteiger partial charge in [-0.2, -0.15) is 0 Å². The predicted molar refractivity (Wildman–Crippen MR) is 109 cm³/mol. The minimum atomic E-state index is -0.504. The molecule has 0 aliphatic carbocycles. The molecule has 1 amide bonds. The van der Waals surface area contributed by atoms with Crippen LogP contribution in [0.15, 0.2) is 39.2 Å². The highest BCUT2D eigenvalue weighted by Gasteiger charge is 2.18. The molecule has 0 aliphatic heterocycles. The highest BCUT2D eigenvalue weighted by molar-refractivity contribution is 7.17. The third-order valence-corrected chi connectivity index (χ3v) is 5.43. The third-order valence-electron chi connectivity index (χ3n) is 4.54.